The van der Waals surface area contributed by atoms with Gasteiger partial charge in [0.25, 0.3) is 17.5 Å². The van der Waals surface area contributed by atoms with E-state index in [1.165, 1.54) is 30.1 Å². The molecule has 0 spiro atoms. The molecule has 2 aliphatic heterocycles. The van der Waals surface area contributed by atoms with E-state index in [1.807, 2.05) is 6.92 Å². The standard InChI is InChI=1S/C36H38ClF3N10O7/c1-3-4-15-57-35(54)48-14-13-47(30(51)21-48)19-22-9-11-46(12-10-22)34(53)25-7-5-23(16-27(25)37)43-33(52)32-42-18-28(45(32)2)26-20-49(44-31(26)36(38,39)40)29-8-6-24(17-41-29)50(55)56/h5-8,16-18,20,22H,3-4,9-15,19,21H2,1-2H3,(H,43,52). The molecule has 3 aromatic heterocycles. The third-order valence-corrected chi connectivity index (χ3v) is 10.1. The molecule has 1 N–H and O–H groups in total. The highest BCUT2D eigenvalue weighted by atomic mass is 35.5. The number of nitrogens with one attached hydrogen (secondary N) is 1. The molecular weight excluding hydrogens is 777 g/mol. The highest BCUT2D eigenvalue weighted by Gasteiger charge is 2.39. The molecule has 4 aromatic rings. The number of carbonyl (C=O) groups excluding carboxylic acids is 4. The van der Waals surface area contributed by atoms with Crippen molar-refractivity contribution in [2.75, 3.05) is 51.2 Å². The maximum atomic E-state index is 14.1. The molecule has 17 nitrogen and oxygen atoms in total. The van der Waals surface area contributed by atoms with Gasteiger partial charge in [-0.1, -0.05) is 24.9 Å². The Kier molecular flexibility index (Phi) is 12.1. The van der Waals surface area contributed by atoms with Gasteiger partial charge in [-0.05, 0) is 49.4 Å². The number of pyridine rings is 1. The summed E-state index contributed by atoms with van der Waals surface area (Å²) in [4.78, 5) is 74.7. The van der Waals surface area contributed by atoms with E-state index >= 15 is 0 Å². The molecule has 0 unspecified atom stereocenters. The van der Waals surface area contributed by atoms with Crippen LogP contribution in [0.25, 0.3) is 17.1 Å². The van der Waals surface area contributed by atoms with E-state index in [9.17, 15) is 42.5 Å². The number of unbranched alkanes of at least 4 members (excludes halogenated alkanes) is 1. The molecule has 0 atom stereocenters. The number of likely N-dealkylation sites (tertiary alicyclic amines) is 1. The number of ether oxygens (including phenoxy) is 1. The number of imidazole rings is 1. The van der Waals surface area contributed by atoms with Crippen LogP contribution < -0.4 is 5.32 Å². The van der Waals surface area contributed by atoms with Crippen LogP contribution in [0, 0.1) is 16.0 Å². The number of piperazine rings is 1. The Labute approximate surface area is 328 Å². The normalized spacial score (nSPS) is 15.2. The largest absolute Gasteiger partial charge is 0.449 e. The molecule has 5 heterocycles. The summed E-state index contributed by atoms with van der Waals surface area (Å²) in [6.45, 7) is 4.51. The number of halogens is 4. The summed E-state index contributed by atoms with van der Waals surface area (Å²) < 4.78 is 49.5. The second-order valence-corrected chi connectivity index (χ2v) is 14.0. The Balaban J connectivity index is 1.05. The molecule has 0 radical (unpaired) electrons. The zero-order chi connectivity index (χ0) is 41.0. The first-order valence-corrected chi connectivity index (χ1v) is 18.4. The zero-order valence-electron chi connectivity index (χ0n) is 30.9. The lowest BCUT2D eigenvalue weighted by molar-refractivity contribution is -0.385. The number of nitro groups is 1. The molecule has 302 valence electrons. The Morgan fingerprint density at radius 2 is 1.81 bits per heavy atom. The van der Waals surface area contributed by atoms with Crippen molar-refractivity contribution >= 4 is 46.8 Å². The molecule has 57 heavy (non-hydrogen) atoms. The van der Waals surface area contributed by atoms with Crippen LogP contribution in [0.1, 0.15) is 59.3 Å². The van der Waals surface area contributed by atoms with Gasteiger partial charge in [-0.2, -0.15) is 18.3 Å². The first-order valence-electron chi connectivity index (χ1n) is 18.0. The number of hydrogen-bond donors (Lipinski definition) is 1. The number of nitrogens with zero attached hydrogens (tertiary/aromatic N) is 9. The average molecular weight is 815 g/mol. The maximum Gasteiger partial charge on any atom is 0.435 e. The Hall–Kier alpha value is -6.05. The smallest absolute Gasteiger partial charge is 0.435 e. The van der Waals surface area contributed by atoms with E-state index in [-0.39, 0.29) is 63.6 Å². The molecule has 2 saturated heterocycles. The molecule has 4 amide bonds. The zero-order valence-corrected chi connectivity index (χ0v) is 31.6. The maximum absolute atomic E-state index is 14.1. The predicted molar refractivity (Wildman–Crippen MR) is 198 cm³/mol. The third-order valence-electron chi connectivity index (χ3n) is 9.77. The van der Waals surface area contributed by atoms with Crippen molar-refractivity contribution in [3.63, 3.8) is 0 Å². The summed E-state index contributed by atoms with van der Waals surface area (Å²) in [6, 6.07) is 6.56. The number of alkyl halides is 3. The third kappa shape index (κ3) is 9.16. The van der Waals surface area contributed by atoms with Gasteiger partial charge in [0.05, 0.1) is 39.6 Å². The minimum absolute atomic E-state index is 0.0267. The summed E-state index contributed by atoms with van der Waals surface area (Å²) in [7, 11) is 1.35. The Morgan fingerprint density at radius 1 is 1.05 bits per heavy atom. The molecule has 2 aliphatic rings. The lowest BCUT2D eigenvalue weighted by Crippen LogP contribution is -2.54. The summed E-state index contributed by atoms with van der Waals surface area (Å²) in [5.74, 6) is -1.40. The van der Waals surface area contributed by atoms with Gasteiger partial charge in [-0.25, -0.2) is 19.4 Å². The minimum Gasteiger partial charge on any atom is -0.449 e. The second-order valence-electron chi connectivity index (χ2n) is 13.6. The van der Waals surface area contributed by atoms with Crippen molar-refractivity contribution in [3.05, 3.63) is 81.1 Å². The molecule has 21 heteroatoms. The number of hydrogen-bond acceptors (Lipinski definition) is 10. The first-order chi connectivity index (χ1) is 27.1. The molecule has 6 rings (SSSR count). The van der Waals surface area contributed by atoms with Gasteiger partial charge >= 0.3 is 12.3 Å². The van der Waals surface area contributed by atoms with E-state index in [0.29, 0.717) is 52.2 Å². The van der Waals surface area contributed by atoms with Gasteiger partial charge in [0.1, 0.15) is 12.7 Å². The highest BCUT2D eigenvalue weighted by Crippen LogP contribution is 2.37. The molecular formula is C36H38ClF3N10O7. The van der Waals surface area contributed by atoms with Crippen LogP contribution in [0.15, 0.2) is 48.9 Å². The van der Waals surface area contributed by atoms with Crippen molar-refractivity contribution < 1.29 is 42.0 Å². The Morgan fingerprint density at radius 3 is 2.44 bits per heavy atom. The molecule has 0 saturated carbocycles. The van der Waals surface area contributed by atoms with Gasteiger partial charge in [0, 0.05) is 57.7 Å². The molecule has 1 aromatic carbocycles. The van der Waals surface area contributed by atoms with E-state index in [1.54, 1.807) is 9.80 Å². The van der Waals surface area contributed by atoms with Crippen LogP contribution in [0.3, 0.4) is 0 Å². The van der Waals surface area contributed by atoms with Crippen LogP contribution in [0.5, 0.6) is 0 Å². The number of benzene rings is 1. The molecule has 0 bridgehead atoms. The quantitative estimate of drug-likeness (QED) is 0.116. The van der Waals surface area contributed by atoms with Crippen LogP contribution >= 0.6 is 11.6 Å². The topological polar surface area (TPSA) is 191 Å². The van der Waals surface area contributed by atoms with Crippen molar-refractivity contribution in [2.24, 2.45) is 13.0 Å². The lowest BCUT2D eigenvalue weighted by atomic mass is 9.95. The van der Waals surface area contributed by atoms with Gasteiger partial charge in [0.2, 0.25) is 5.91 Å². The van der Waals surface area contributed by atoms with Crippen molar-refractivity contribution in [2.45, 2.75) is 38.8 Å². The van der Waals surface area contributed by atoms with Crippen molar-refractivity contribution in [3.8, 4) is 17.1 Å². The van der Waals surface area contributed by atoms with Crippen molar-refractivity contribution in [1.82, 2.24) is 39.0 Å². The fourth-order valence-corrected chi connectivity index (χ4v) is 6.85. The average Bonchev–Trinajstić information content (AvgIpc) is 3.80. The molecule has 0 aliphatic carbocycles. The van der Waals surface area contributed by atoms with E-state index < -0.39 is 34.4 Å². The predicted octanol–water partition coefficient (Wildman–Crippen LogP) is 5.43. The lowest BCUT2D eigenvalue weighted by Gasteiger charge is -2.38. The van der Waals surface area contributed by atoms with Gasteiger partial charge in [-0.15, -0.1) is 0 Å². The summed E-state index contributed by atoms with van der Waals surface area (Å²) >= 11 is 6.51. The van der Waals surface area contributed by atoms with Gasteiger partial charge in [0.15, 0.2) is 17.3 Å². The second kappa shape index (κ2) is 17.0. The first kappa shape index (κ1) is 40.6. The number of piperidine rings is 1. The Bertz CT molecular complexity index is 2170. The number of carbonyl (C=O) groups is 4. The van der Waals surface area contributed by atoms with Crippen LogP contribution in [0.2, 0.25) is 5.02 Å². The van der Waals surface area contributed by atoms with E-state index in [0.717, 1.165) is 52.8 Å². The van der Waals surface area contributed by atoms with E-state index in [2.05, 4.69) is 20.4 Å². The number of rotatable bonds is 11. The fourth-order valence-electron chi connectivity index (χ4n) is 6.59. The summed E-state index contributed by atoms with van der Waals surface area (Å²) in [5, 5.41) is 17.3. The SMILES string of the molecule is CCCCOC(=O)N1CCN(CC2CCN(C(=O)c3ccc(NC(=O)c4ncc(-c5cn(-c6ccc([N+](=O)[O-])cn6)nc5C(F)(F)F)n4C)cc3Cl)CC2)C(=O)C1. The van der Waals surface area contributed by atoms with Crippen LogP contribution in [0.4, 0.5) is 29.3 Å². The minimum atomic E-state index is -4.91. The molecule has 2 fully saturated rings. The van der Waals surface area contributed by atoms with Crippen LogP contribution in [-0.2, 0) is 22.8 Å². The summed E-state index contributed by atoms with van der Waals surface area (Å²) in [5.41, 5.74) is -1.75. The monoisotopic (exact) mass is 814 g/mol. The van der Waals surface area contributed by atoms with Crippen LogP contribution in [-0.4, -0.2) is 114 Å². The number of amides is 4. The summed E-state index contributed by atoms with van der Waals surface area (Å²) in [6.07, 6.45) is 0.602. The number of aromatic nitrogens is 5. The fraction of sp³-hybridized carbons (Fsp3) is 0.417. The van der Waals surface area contributed by atoms with Gasteiger partial charge in [-0.3, -0.25) is 29.4 Å². The van der Waals surface area contributed by atoms with Crippen molar-refractivity contribution in [1.29, 1.82) is 0 Å². The van der Waals surface area contributed by atoms with E-state index in [4.69, 9.17) is 16.3 Å². The highest BCUT2D eigenvalue weighted by molar-refractivity contribution is 6.34. The number of anilines is 1. The van der Waals surface area contributed by atoms with Gasteiger partial charge < -0.3 is 24.4 Å².